The maximum Gasteiger partial charge on any atom is 0.191 e. The molecule has 0 aliphatic heterocycles. The summed E-state index contributed by atoms with van der Waals surface area (Å²) in [6.07, 6.45) is 6.60. The fraction of sp³-hybridized carbons (Fsp3) is 0.600. The molecule has 118 valence electrons. The maximum absolute atomic E-state index is 4.63. The van der Waals surface area contributed by atoms with Gasteiger partial charge in [-0.1, -0.05) is 26.0 Å². The van der Waals surface area contributed by atoms with Gasteiger partial charge in [-0.15, -0.1) is 35.3 Å². The first-order valence-electron chi connectivity index (χ1n) is 7.33. The van der Waals surface area contributed by atoms with Crippen LogP contribution in [0.5, 0.6) is 0 Å². The Hall–Kier alpha value is -0.630. The number of guanidine groups is 1. The number of rotatable bonds is 5. The summed E-state index contributed by atoms with van der Waals surface area (Å²) in [7, 11) is 0. The topological polar surface area (TPSA) is 49.3 Å². The molecule has 4 nitrogen and oxygen atoms in total. The lowest BCUT2D eigenvalue weighted by Crippen LogP contribution is -2.42. The van der Waals surface area contributed by atoms with E-state index >= 15 is 0 Å². The van der Waals surface area contributed by atoms with Crippen molar-refractivity contribution in [1.82, 2.24) is 15.6 Å². The number of nitrogens with zero attached hydrogens (tertiary/aromatic N) is 2. The molecule has 1 aromatic rings. The van der Waals surface area contributed by atoms with Crippen molar-refractivity contribution in [2.24, 2.45) is 4.99 Å². The van der Waals surface area contributed by atoms with E-state index in [0.29, 0.717) is 18.5 Å². The molecule has 0 unspecified atom stereocenters. The van der Waals surface area contributed by atoms with E-state index in [1.54, 1.807) is 11.3 Å². The van der Waals surface area contributed by atoms with Crippen molar-refractivity contribution in [1.29, 1.82) is 0 Å². The van der Waals surface area contributed by atoms with Crippen molar-refractivity contribution in [3.8, 4) is 0 Å². The highest BCUT2D eigenvalue weighted by Crippen LogP contribution is 2.19. The van der Waals surface area contributed by atoms with Crippen molar-refractivity contribution < 1.29 is 0 Å². The Labute approximate surface area is 148 Å². The Balaban J connectivity index is 0.00000220. The monoisotopic (exact) mass is 420 g/mol. The first kappa shape index (κ1) is 18.4. The third kappa shape index (κ3) is 5.94. The molecule has 0 amide bonds. The largest absolute Gasteiger partial charge is 0.357 e. The second-order valence-corrected chi connectivity index (χ2v) is 6.20. The first-order chi connectivity index (χ1) is 9.69. The van der Waals surface area contributed by atoms with Crippen molar-refractivity contribution in [2.45, 2.75) is 52.1 Å². The lowest BCUT2D eigenvalue weighted by Gasteiger charge is -2.16. The fourth-order valence-corrected chi connectivity index (χ4v) is 2.90. The molecule has 2 N–H and O–H groups in total. The van der Waals surface area contributed by atoms with E-state index in [-0.39, 0.29) is 24.0 Å². The number of halogens is 1. The van der Waals surface area contributed by atoms with Crippen LogP contribution in [0, 0.1) is 0 Å². The van der Waals surface area contributed by atoms with Crippen molar-refractivity contribution in [3.63, 3.8) is 0 Å². The van der Waals surface area contributed by atoms with E-state index in [9.17, 15) is 0 Å². The van der Waals surface area contributed by atoms with Crippen LogP contribution in [0.2, 0.25) is 0 Å². The molecule has 1 aliphatic rings. The van der Waals surface area contributed by atoms with Crippen LogP contribution in [0.1, 0.15) is 50.2 Å². The predicted molar refractivity (Wildman–Crippen MR) is 102 cm³/mol. The molecule has 0 radical (unpaired) electrons. The Morgan fingerprint density at radius 2 is 2.14 bits per heavy atom. The minimum atomic E-state index is 0. The smallest absolute Gasteiger partial charge is 0.191 e. The van der Waals surface area contributed by atoms with E-state index in [4.69, 9.17) is 0 Å². The van der Waals surface area contributed by atoms with E-state index in [2.05, 4.69) is 58.9 Å². The van der Waals surface area contributed by atoms with Crippen LogP contribution >= 0.6 is 35.3 Å². The van der Waals surface area contributed by atoms with E-state index in [1.807, 2.05) is 0 Å². The van der Waals surface area contributed by atoms with Crippen LogP contribution in [-0.2, 0) is 6.54 Å². The molecule has 0 saturated carbocycles. The third-order valence-corrected chi connectivity index (χ3v) is 4.35. The molecular formula is C15H25IN4S. The molecule has 0 spiro atoms. The predicted octanol–water partition coefficient (Wildman–Crippen LogP) is 3.66. The molecule has 6 heteroatoms. The van der Waals surface area contributed by atoms with Crippen molar-refractivity contribution in [2.75, 3.05) is 6.54 Å². The van der Waals surface area contributed by atoms with Crippen LogP contribution in [0.15, 0.2) is 22.5 Å². The van der Waals surface area contributed by atoms with Crippen LogP contribution < -0.4 is 10.6 Å². The standard InChI is InChI=1S/C15H24N4S.HI/c1-4-16-15(19-12-7-5-6-8-12)17-9-13-10-20-14(18-13)11(2)3;/h5-6,10-12H,4,7-9H2,1-3H3,(H2,16,17,19);1H. The maximum atomic E-state index is 4.63. The number of hydrogen-bond acceptors (Lipinski definition) is 3. The SMILES string of the molecule is CCNC(=NCc1csc(C(C)C)n1)NC1CC=CC1.I. The van der Waals surface area contributed by atoms with Crippen molar-refractivity contribution >= 4 is 41.3 Å². The molecule has 0 atom stereocenters. The molecule has 0 saturated heterocycles. The Morgan fingerprint density at radius 3 is 2.71 bits per heavy atom. The summed E-state index contributed by atoms with van der Waals surface area (Å²) in [6.45, 7) is 7.94. The molecule has 1 aliphatic carbocycles. The van der Waals surface area contributed by atoms with Gasteiger partial charge in [0.05, 0.1) is 17.2 Å². The van der Waals surface area contributed by atoms with Crippen molar-refractivity contribution in [3.05, 3.63) is 28.2 Å². The van der Waals surface area contributed by atoms with Crippen LogP contribution in [-0.4, -0.2) is 23.5 Å². The summed E-state index contributed by atoms with van der Waals surface area (Å²) in [6, 6.07) is 0.481. The number of hydrogen-bond donors (Lipinski definition) is 2. The van der Waals surface area contributed by atoms with Gasteiger partial charge in [0.15, 0.2) is 5.96 Å². The minimum Gasteiger partial charge on any atom is -0.357 e. The molecule has 1 heterocycles. The average Bonchev–Trinajstić information content (AvgIpc) is 3.07. The zero-order valence-electron chi connectivity index (χ0n) is 12.9. The van der Waals surface area contributed by atoms with Gasteiger partial charge in [0, 0.05) is 23.9 Å². The zero-order chi connectivity index (χ0) is 14.4. The second-order valence-electron chi connectivity index (χ2n) is 5.31. The minimum absolute atomic E-state index is 0. The lowest BCUT2D eigenvalue weighted by atomic mass is 10.2. The zero-order valence-corrected chi connectivity index (χ0v) is 16.1. The Bertz CT molecular complexity index is 474. The Kier molecular flexibility index (Phi) is 8.24. The summed E-state index contributed by atoms with van der Waals surface area (Å²) in [5.74, 6) is 1.38. The normalized spacial score (nSPS) is 15.3. The molecule has 0 bridgehead atoms. The van der Waals surface area contributed by atoms with Gasteiger partial charge in [-0.2, -0.15) is 0 Å². The van der Waals surface area contributed by atoms with Gasteiger partial charge >= 0.3 is 0 Å². The summed E-state index contributed by atoms with van der Waals surface area (Å²) in [5.41, 5.74) is 1.06. The number of nitrogens with one attached hydrogen (secondary N) is 2. The first-order valence-corrected chi connectivity index (χ1v) is 8.21. The summed E-state index contributed by atoms with van der Waals surface area (Å²) in [4.78, 5) is 9.25. The molecule has 2 rings (SSSR count). The molecule has 0 fully saturated rings. The quantitative estimate of drug-likeness (QED) is 0.331. The van der Waals surface area contributed by atoms with Gasteiger partial charge in [0.25, 0.3) is 0 Å². The van der Waals surface area contributed by atoms with Crippen LogP contribution in [0.4, 0.5) is 0 Å². The summed E-state index contributed by atoms with van der Waals surface area (Å²) >= 11 is 1.72. The molecule has 1 aromatic heterocycles. The second kappa shape index (κ2) is 9.40. The summed E-state index contributed by atoms with van der Waals surface area (Å²) < 4.78 is 0. The van der Waals surface area contributed by atoms with Gasteiger partial charge in [0.1, 0.15) is 0 Å². The van der Waals surface area contributed by atoms with Gasteiger partial charge in [0.2, 0.25) is 0 Å². The Morgan fingerprint density at radius 1 is 1.43 bits per heavy atom. The molecular weight excluding hydrogens is 395 g/mol. The van der Waals surface area contributed by atoms with E-state index in [1.165, 1.54) is 5.01 Å². The highest BCUT2D eigenvalue weighted by Gasteiger charge is 2.11. The van der Waals surface area contributed by atoms with E-state index in [0.717, 1.165) is 31.0 Å². The lowest BCUT2D eigenvalue weighted by molar-refractivity contribution is 0.633. The highest BCUT2D eigenvalue weighted by molar-refractivity contribution is 14.0. The van der Waals surface area contributed by atoms with E-state index < -0.39 is 0 Å². The molecule has 0 aromatic carbocycles. The number of thiazole rings is 1. The van der Waals surface area contributed by atoms with Crippen LogP contribution in [0.25, 0.3) is 0 Å². The fourth-order valence-electron chi connectivity index (χ4n) is 2.07. The average molecular weight is 420 g/mol. The third-order valence-electron chi connectivity index (χ3n) is 3.16. The highest BCUT2D eigenvalue weighted by atomic mass is 127. The molecule has 21 heavy (non-hydrogen) atoms. The van der Waals surface area contributed by atoms with Gasteiger partial charge in [-0.05, 0) is 19.8 Å². The van der Waals surface area contributed by atoms with Gasteiger partial charge in [-0.3, -0.25) is 0 Å². The number of aromatic nitrogens is 1. The summed E-state index contributed by atoms with van der Waals surface area (Å²) in [5, 5.41) is 10.1. The van der Waals surface area contributed by atoms with Gasteiger partial charge < -0.3 is 10.6 Å². The van der Waals surface area contributed by atoms with Gasteiger partial charge in [-0.25, -0.2) is 9.98 Å². The number of aliphatic imine (C=N–C) groups is 1. The van der Waals surface area contributed by atoms with Crippen LogP contribution in [0.3, 0.4) is 0 Å².